The highest BCUT2D eigenvalue weighted by atomic mass is 16.3. The lowest BCUT2D eigenvalue weighted by atomic mass is 10.2. The molecule has 8 unspecified atom stereocenters. The van der Waals surface area contributed by atoms with Crippen LogP contribution in [0.3, 0.4) is 0 Å². The van der Waals surface area contributed by atoms with Crippen LogP contribution in [-0.2, 0) is 4.79 Å². The van der Waals surface area contributed by atoms with Crippen molar-refractivity contribution in [2.24, 2.45) is 0 Å². The third-order valence-electron chi connectivity index (χ3n) is 24.6. The summed E-state index contributed by atoms with van der Waals surface area (Å²) in [5.41, 5.74) is 0. The molecule has 24 rings (SSSR count). The van der Waals surface area contributed by atoms with Crippen molar-refractivity contribution in [1.29, 1.82) is 0 Å². The fourth-order valence-corrected chi connectivity index (χ4v) is 20.8. The van der Waals surface area contributed by atoms with Gasteiger partial charge in [0.15, 0.2) is 86.3 Å². The molecule has 0 aromatic heterocycles. The average molecular weight is 1330 g/mol. The molecule has 24 fully saturated rings. The summed E-state index contributed by atoms with van der Waals surface area (Å²) >= 11 is 0. The van der Waals surface area contributed by atoms with Gasteiger partial charge in [-0.05, 0) is 0 Å². The second kappa shape index (κ2) is 15.3. The molecule has 24 aliphatic rings. The van der Waals surface area contributed by atoms with E-state index in [-0.39, 0.29) is 0 Å². The second-order valence-electron chi connectivity index (χ2n) is 28.1. The maximum Gasteiger partial charge on any atom is 0.326 e. The molecule has 24 aliphatic heterocycles. The average Bonchev–Trinajstić information content (AvgIpc) is 1.52. The van der Waals surface area contributed by atoms with Gasteiger partial charge in [-0.2, -0.15) is 0 Å². The van der Waals surface area contributed by atoms with Crippen molar-refractivity contribution in [2.75, 3.05) is 107 Å². The molecule has 0 aromatic carbocycles. The molecular formula is C48H50N32O16. The molecule has 48 heteroatoms. The smallest absolute Gasteiger partial charge is 0.303 e. The highest BCUT2D eigenvalue weighted by molar-refractivity contribution is 5.96. The van der Waals surface area contributed by atoms with Crippen molar-refractivity contribution in [1.82, 2.24) is 157 Å². The van der Waals surface area contributed by atoms with Crippen LogP contribution in [0.15, 0.2) is 0 Å². The van der Waals surface area contributed by atoms with Gasteiger partial charge in [0.05, 0.1) is 6.67 Å². The van der Waals surface area contributed by atoms with Crippen LogP contribution in [0.25, 0.3) is 0 Å². The molecule has 96 heavy (non-hydrogen) atoms. The first-order valence-corrected chi connectivity index (χ1v) is 31.4. The summed E-state index contributed by atoms with van der Waals surface area (Å²) in [6.07, 6.45) is -19.9. The van der Waals surface area contributed by atoms with Crippen LogP contribution in [0.5, 0.6) is 0 Å². The number of nitrogens with zero attached hydrogens (tertiary/aromatic N) is 31. The molecule has 16 atom stereocenters. The van der Waals surface area contributed by atoms with E-state index in [2.05, 4.69) is 5.32 Å². The van der Waals surface area contributed by atoms with Gasteiger partial charge in [-0.25, -0.2) is 71.9 Å². The number of nitrogens with one attached hydrogen (secondary N) is 1. The largest absolute Gasteiger partial charge is 0.326 e. The molecule has 498 valence electrons. The van der Waals surface area contributed by atoms with Crippen molar-refractivity contribution < 1.29 is 76.7 Å². The molecule has 1 N–H and O–H groups in total. The fourth-order valence-electron chi connectivity index (χ4n) is 20.8. The zero-order valence-electron chi connectivity index (χ0n) is 49.5. The molecular weight excluding hydrogens is 1280 g/mol. The summed E-state index contributed by atoms with van der Waals surface area (Å²) < 4.78 is 0. The summed E-state index contributed by atoms with van der Waals surface area (Å²) in [5, 5.41) is 3.27. The molecule has 31 amide bonds. The summed E-state index contributed by atoms with van der Waals surface area (Å²) in [7, 11) is 0. The summed E-state index contributed by atoms with van der Waals surface area (Å²) in [6.45, 7) is -8.73. The lowest BCUT2D eigenvalue weighted by Crippen LogP contribution is -2.66. The Hall–Kier alpha value is -11.5. The number of fused-ring (bicyclic) bond motifs is 1. The molecule has 48 nitrogen and oxygen atoms in total. The fraction of sp³-hybridized carbons (Fsp3) is 0.667. The monoisotopic (exact) mass is 1330 g/mol. The highest BCUT2D eigenvalue weighted by Crippen LogP contribution is 2.52. The lowest BCUT2D eigenvalue weighted by molar-refractivity contribution is -0.130. The number of carbonyl (C=O) groups is 16. The standard InChI is InChI=1S/C48H50N32O16/c81-17-50-2-53-22-23-59(36(53)84)7-63-26-27-67(41(63)89)11-71-30-31-75(45(71)93)15-79-33-32-76(47(79)95)13-73-29-28-68(43(73)91)9-65-25-24-60(39(65)87)5-56-21-20-51(34(56)82)1-49-18-19(50)54-4-57(22)38(86)61(23)8-64(26)42(90)69(27)12-72(30)46(94)77(31)16-80(33)48(96)78(32)14-74(29)44(92)70(28)10-66(25)40(88)62(24)6-58(21)37(85)55(20)3-52(18)35(54)83/h17-33,49H,1-16H2/t18?,19-,20?,21?,22-,23+,24?,25?,26-,27+,28?,29?,30-,31+,32?,33+/m1/s1. The van der Waals surface area contributed by atoms with E-state index < -0.39 is 296 Å². The van der Waals surface area contributed by atoms with E-state index in [1.807, 2.05) is 0 Å². The van der Waals surface area contributed by atoms with Gasteiger partial charge in [-0.3, -0.25) is 157 Å². The molecule has 0 spiro atoms. The lowest BCUT2D eigenvalue weighted by Gasteiger charge is -2.44. The van der Waals surface area contributed by atoms with Crippen LogP contribution in [0.4, 0.5) is 71.9 Å². The zero-order chi connectivity index (χ0) is 64.5. The third-order valence-corrected chi connectivity index (χ3v) is 24.6. The molecule has 24 saturated heterocycles. The van der Waals surface area contributed by atoms with Gasteiger partial charge >= 0.3 is 90.5 Å². The van der Waals surface area contributed by atoms with Crippen LogP contribution in [-0.4, -0.2) is 454 Å². The first-order chi connectivity index (χ1) is 46.3. The maximum absolute atomic E-state index is 15.5. The van der Waals surface area contributed by atoms with Gasteiger partial charge in [-0.15, -0.1) is 0 Å². The van der Waals surface area contributed by atoms with Crippen LogP contribution in [0.2, 0.25) is 0 Å². The SMILES string of the molecule is O=CN1CN2C(=O)N3CN4C(=O)N5CN6C(=O)N7CN8C(=O)N9CN%10C(=O)N%11CN%12C(=O)N%13CN%14C(=O)N%15CNC%16[C@H]1N1CN%17C(=O)N(CN%18C(=O)N(CN%19C(=O)N(CN%20C(=O)N(CN%21C(=O)N(CN%22C(=O)N(CN%23C(=O)N(CN%16C1=O)C%15C%14%23)C%13C%12%22)C%11C%10%21)C9[C@@H]8%20)[C@H]7[C@H]6%19)[C@H]5[C@H]4%18)[C@H]3[C@H]2%17. The predicted molar refractivity (Wildman–Crippen MR) is 286 cm³/mol. The van der Waals surface area contributed by atoms with Gasteiger partial charge in [0.2, 0.25) is 6.41 Å². The van der Waals surface area contributed by atoms with Crippen LogP contribution >= 0.6 is 0 Å². The minimum Gasteiger partial charge on any atom is -0.303 e. The van der Waals surface area contributed by atoms with Crippen molar-refractivity contribution in [3.05, 3.63) is 0 Å². The first-order valence-electron chi connectivity index (χ1n) is 31.4. The molecule has 24 heterocycles. The van der Waals surface area contributed by atoms with E-state index in [4.69, 9.17) is 0 Å². The summed E-state index contributed by atoms with van der Waals surface area (Å²) in [4.78, 5) is 285. The summed E-state index contributed by atoms with van der Waals surface area (Å²) in [6, 6.07) is -11.2. The van der Waals surface area contributed by atoms with E-state index in [1.54, 1.807) is 0 Å². The molecule has 16 bridgehead atoms. The van der Waals surface area contributed by atoms with Crippen molar-refractivity contribution in [2.45, 2.75) is 98.7 Å². The number of rotatable bonds is 1. The quantitative estimate of drug-likeness (QED) is 0.238. The molecule has 0 saturated carbocycles. The molecule has 0 radical (unpaired) electrons. The van der Waals surface area contributed by atoms with Crippen molar-refractivity contribution in [3.8, 4) is 0 Å². The Labute approximate surface area is 534 Å². The Kier molecular flexibility index (Phi) is 8.14. The Morgan fingerprint density at radius 2 is 0.323 bits per heavy atom. The van der Waals surface area contributed by atoms with Crippen LogP contribution in [0, 0.1) is 0 Å². The Balaban J connectivity index is 0.669. The maximum atomic E-state index is 15.5. The number of urea groups is 15. The van der Waals surface area contributed by atoms with Gasteiger partial charge in [0, 0.05) is 0 Å². The zero-order valence-corrected chi connectivity index (χ0v) is 49.5. The number of hydrogen-bond acceptors (Lipinski definition) is 17. The van der Waals surface area contributed by atoms with Gasteiger partial charge in [0.25, 0.3) is 0 Å². The molecule has 0 aromatic rings. The minimum atomic E-state index is -1.37. The topological polar surface area (TPSA) is 386 Å². The Morgan fingerprint density at radius 3 is 0.510 bits per heavy atom. The first kappa shape index (κ1) is 51.0. The summed E-state index contributed by atoms with van der Waals surface area (Å²) in [5.74, 6) is 0. The minimum absolute atomic E-state index is 0.400. The van der Waals surface area contributed by atoms with Crippen LogP contribution < -0.4 is 5.32 Å². The number of amides is 31. The number of carbonyl (C=O) groups excluding carboxylic acids is 16. The van der Waals surface area contributed by atoms with Crippen molar-refractivity contribution in [3.63, 3.8) is 0 Å². The normalized spacial score (nSPS) is 39.9. The predicted octanol–water partition coefficient (Wildman–Crippen LogP) is -8.24. The number of hydrogen-bond donors (Lipinski definition) is 1. The van der Waals surface area contributed by atoms with E-state index in [0.717, 1.165) is 0 Å². The van der Waals surface area contributed by atoms with E-state index in [1.165, 1.54) is 152 Å². The highest BCUT2D eigenvalue weighted by Gasteiger charge is 2.77. The third kappa shape index (κ3) is 4.98. The Morgan fingerprint density at radius 1 is 0.188 bits per heavy atom. The Bertz CT molecular complexity index is 3960. The molecule has 0 aliphatic carbocycles. The van der Waals surface area contributed by atoms with Gasteiger partial charge in [-0.1, -0.05) is 0 Å². The van der Waals surface area contributed by atoms with Gasteiger partial charge in [0.1, 0.15) is 112 Å². The van der Waals surface area contributed by atoms with Crippen LogP contribution in [0.1, 0.15) is 0 Å². The van der Waals surface area contributed by atoms with E-state index in [9.17, 15) is 4.79 Å². The van der Waals surface area contributed by atoms with Gasteiger partial charge < -0.3 is 4.90 Å². The van der Waals surface area contributed by atoms with E-state index >= 15 is 71.9 Å². The second-order valence-corrected chi connectivity index (χ2v) is 28.1. The van der Waals surface area contributed by atoms with E-state index in [0.29, 0.717) is 6.41 Å². The van der Waals surface area contributed by atoms with Crippen molar-refractivity contribution >= 4 is 96.9 Å².